The Balaban J connectivity index is 1.95. The number of Topliss-reactive ketones (excluding diaryl/α,β-unsaturated/α-hetero) is 1. The molecular formula is C23H28N2O5. The summed E-state index contributed by atoms with van der Waals surface area (Å²) in [5.41, 5.74) is 0.483. The van der Waals surface area contributed by atoms with Gasteiger partial charge in [-0.1, -0.05) is 13.8 Å². The lowest BCUT2D eigenvalue weighted by molar-refractivity contribution is -0.140. The van der Waals surface area contributed by atoms with Crippen molar-refractivity contribution in [2.75, 3.05) is 33.3 Å². The smallest absolute Gasteiger partial charge is 0.295 e. The fraction of sp³-hybridized carbons (Fsp3) is 0.391. The lowest BCUT2D eigenvalue weighted by Crippen LogP contribution is -2.33. The molecule has 0 spiro atoms. The highest BCUT2D eigenvalue weighted by molar-refractivity contribution is 6.46. The molecule has 0 aliphatic carbocycles. The van der Waals surface area contributed by atoms with Crippen molar-refractivity contribution in [1.82, 2.24) is 9.80 Å². The van der Waals surface area contributed by atoms with Gasteiger partial charge in [0.25, 0.3) is 11.7 Å². The molecule has 1 N–H and O–H groups in total. The van der Waals surface area contributed by atoms with Gasteiger partial charge in [-0.3, -0.25) is 9.59 Å². The molecule has 0 radical (unpaired) electrons. The highest BCUT2D eigenvalue weighted by Crippen LogP contribution is 2.39. The Bertz CT molecular complexity index is 898. The Kier molecular flexibility index (Phi) is 6.95. The van der Waals surface area contributed by atoms with Crippen LogP contribution in [0.15, 0.2) is 52.7 Å². The van der Waals surface area contributed by atoms with Gasteiger partial charge in [0.1, 0.15) is 23.3 Å². The molecule has 1 aliphatic rings. The molecule has 7 heteroatoms. The third-order valence-corrected chi connectivity index (χ3v) is 5.48. The largest absolute Gasteiger partial charge is 0.507 e. The Morgan fingerprint density at radius 3 is 2.43 bits per heavy atom. The van der Waals surface area contributed by atoms with Gasteiger partial charge in [-0.15, -0.1) is 0 Å². The highest BCUT2D eigenvalue weighted by Gasteiger charge is 2.47. The summed E-state index contributed by atoms with van der Waals surface area (Å²) in [4.78, 5) is 29.5. The summed E-state index contributed by atoms with van der Waals surface area (Å²) < 4.78 is 10.7. The van der Waals surface area contributed by atoms with E-state index in [9.17, 15) is 14.7 Å². The van der Waals surface area contributed by atoms with E-state index in [1.165, 1.54) is 11.2 Å². The number of benzene rings is 1. The maximum absolute atomic E-state index is 12.9. The molecule has 1 aromatic heterocycles. The number of ketones is 1. The molecule has 2 aromatic rings. The minimum Gasteiger partial charge on any atom is -0.507 e. The van der Waals surface area contributed by atoms with E-state index in [0.717, 1.165) is 19.6 Å². The first-order chi connectivity index (χ1) is 14.5. The second-order valence-corrected chi connectivity index (χ2v) is 7.12. The number of likely N-dealkylation sites (tertiary alicyclic amines) is 1. The van der Waals surface area contributed by atoms with E-state index < -0.39 is 17.7 Å². The highest BCUT2D eigenvalue weighted by atomic mass is 16.5. The molecule has 30 heavy (non-hydrogen) atoms. The van der Waals surface area contributed by atoms with Crippen molar-refractivity contribution in [2.45, 2.75) is 26.3 Å². The SMILES string of the molecule is CCN(CC)CCCN1C(=O)C(=O)/C(=C(/O)c2ccc(OC)cc2)[C@H]1c1ccco1. The van der Waals surface area contributed by atoms with Crippen LogP contribution in [0.3, 0.4) is 0 Å². The zero-order valence-corrected chi connectivity index (χ0v) is 17.6. The summed E-state index contributed by atoms with van der Waals surface area (Å²) in [7, 11) is 1.55. The molecule has 2 heterocycles. The molecule has 0 bridgehead atoms. The Morgan fingerprint density at radius 1 is 1.17 bits per heavy atom. The summed E-state index contributed by atoms with van der Waals surface area (Å²) in [6, 6.07) is 9.36. The van der Waals surface area contributed by atoms with Crippen molar-refractivity contribution in [3.8, 4) is 5.75 Å². The molecular weight excluding hydrogens is 384 g/mol. The van der Waals surface area contributed by atoms with Gasteiger partial charge in [0, 0.05) is 12.1 Å². The topological polar surface area (TPSA) is 83.2 Å². The van der Waals surface area contributed by atoms with E-state index >= 15 is 0 Å². The van der Waals surface area contributed by atoms with Gasteiger partial charge in [-0.25, -0.2) is 0 Å². The molecule has 1 saturated heterocycles. The lowest BCUT2D eigenvalue weighted by atomic mass is 9.99. The van der Waals surface area contributed by atoms with Crippen LogP contribution in [0.25, 0.3) is 5.76 Å². The number of carbonyl (C=O) groups excluding carboxylic acids is 2. The minimum absolute atomic E-state index is 0.0444. The molecule has 0 unspecified atom stereocenters. The van der Waals surface area contributed by atoms with Crippen LogP contribution in [0.1, 0.15) is 37.6 Å². The molecule has 160 valence electrons. The average molecular weight is 412 g/mol. The van der Waals surface area contributed by atoms with E-state index in [1.807, 2.05) is 0 Å². The molecule has 1 aromatic carbocycles. The van der Waals surface area contributed by atoms with Gasteiger partial charge < -0.3 is 24.1 Å². The van der Waals surface area contributed by atoms with E-state index in [2.05, 4.69) is 18.7 Å². The van der Waals surface area contributed by atoms with E-state index in [0.29, 0.717) is 30.0 Å². The second kappa shape index (κ2) is 9.63. The number of aliphatic hydroxyl groups excluding tert-OH is 1. The normalized spacial score (nSPS) is 18.4. The standard InChI is InChI=1S/C23H28N2O5/c1-4-24(5-2)13-7-14-25-20(18-8-6-15-30-18)19(22(27)23(25)28)21(26)16-9-11-17(29-3)12-10-16/h6,8-12,15,20,26H,4-5,7,13-14H2,1-3H3/b21-19+/t20-/m1/s1. The van der Waals surface area contributed by atoms with Crippen LogP contribution in [-0.2, 0) is 9.59 Å². The summed E-state index contributed by atoms with van der Waals surface area (Å²) in [6.07, 6.45) is 2.22. The third kappa shape index (κ3) is 4.26. The molecule has 7 nitrogen and oxygen atoms in total. The number of nitrogens with zero attached hydrogens (tertiary/aromatic N) is 2. The molecule has 0 saturated carbocycles. The van der Waals surface area contributed by atoms with E-state index in [-0.39, 0.29) is 11.3 Å². The van der Waals surface area contributed by atoms with Crippen molar-refractivity contribution < 1.29 is 23.8 Å². The van der Waals surface area contributed by atoms with Crippen LogP contribution in [0.5, 0.6) is 5.75 Å². The van der Waals surface area contributed by atoms with Gasteiger partial charge in [0.15, 0.2) is 0 Å². The van der Waals surface area contributed by atoms with E-state index in [1.54, 1.807) is 43.5 Å². The molecule has 1 amide bonds. The summed E-state index contributed by atoms with van der Waals surface area (Å²) in [5.74, 6) is -0.458. The monoisotopic (exact) mass is 412 g/mol. The number of hydrogen-bond donors (Lipinski definition) is 1. The van der Waals surface area contributed by atoms with Crippen LogP contribution < -0.4 is 4.74 Å². The molecule has 3 rings (SSSR count). The third-order valence-electron chi connectivity index (χ3n) is 5.48. The molecule has 1 atom stereocenters. The summed E-state index contributed by atoms with van der Waals surface area (Å²) in [6.45, 7) is 7.24. The lowest BCUT2D eigenvalue weighted by Gasteiger charge is -2.25. The van der Waals surface area contributed by atoms with E-state index in [4.69, 9.17) is 9.15 Å². The number of furan rings is 1. The van der Waals surface area contributed by atoms with Gasteiger partial charge >= 0.3 is 0 Å². The number of ether oxygens (including phenoxy) is 1. The summed E-state index contributed by atoms with van der Waals surface area (Å²) >= 11 is 0. The van der Waals surface area contributed by atoms with Crippen molar-refractivity contribution in [3.63, 3.8) is 0 Å². The first-order valence-corrected chi connectivity index (χ1v) is 10.2. The fourth-order valence-electron chi connectivity index (χ4n) is 3.76. The van der Waals surface area contributed by atoms with Crippen molar-refractivity contribution in [3.05, 3.63) is 59.6 Å². The van der Waals surface area contributed by atoms with Crippen LogP contribution in [0.2, 0.25) is 0 Å². The predicted octanol–water partition coefficient (Wildman–Crippen LogP) is 3.44. The number of carbonyl (C=O) groups is 2. The number of amides is 1. The van der Waals surface area contributed by atoms with Gasteiger partial charge in [0.05, 0.1) is 18.9 Å². The zero-order chi connectivity index (χ0) is 21.7. The Hall–Kier alpha value is -3.06. The van der Waals surface area contributed by atoms with Crippen molar-refractivity contribution >= 4 is 17.4 Å². The Labute approximate surface area is 176 Å². The van der Waals surface area contributed by atoms with Crippen LogP contribution in [-0.4, -0.2) is 59.9 Å². The van der Waals surface area contributed by atoms with Crippen molar-refractivity contribution in [2.24, 2.45) is 0 Å². The second-order valence-electron chi connectivity index (χ2n) is 7.12. The van der Waals surface area contributed by atoms with Gasteiger partial charge in [-0.05, 0) is 62.5 Å². The number of rotatable bonds is 9. The molecule has 1 fully saturated rings. The van der Waals surface area contributed by atoms with Crippen molar-refractivity contribution in [1.29, 1.82) is 0 Å². The number of methoxy groups -OCH3 is 1. The molecule has 1 aliphatic heterocycles. The predicted molar refractivity (Wildman–Crippen MR) is 113 cm³/mol. The minimum atomic E-state index is -0.751. The summed E-state index contributed by atoms with van der Waals surface area (Å²) in [5, 5.41) is 10.9. The number of hydrogen-bond acceptors (Lipinski definition) is 6. The van der Waals surface area contributed by atoms with Crippen LogP contribution >= 0.6 is 0 Å². The van der Waals surface area contributed by atoms with Crippen LogP contribution in [0.4, 0.5) is 0 Å². The zero-order valence-electron chi connectivity index (χ0n) is 17.6. The first kappa shape index (κ1) is 21.6. The fourth-order valence-corrected chi connectivity index (χ4v) is 3.76. The van der Waals surface area contributed by atoms with Gasteiger partial charge in [-0.2, -0.15) is 0 Å². The van der Waals surface area contributed by atoms with Gasteiger partial charge in [0.2, 0.25) is 0 Å². The maximum Gasteiger partial charge on any atom is 0.295 e. The Morgan fingerprint density at radius 2 is 1.87 bits per heavy atom. The average Bonchev–Trinajstić information content (AvgIpc) is 3.38. The maximum atomic E-state index is 12.9. The first-order valence-electron chi connectivity index (χ1n) is 10.2. The van der Waals surface area contributed by atoms with Crippen LogP contribution in [0, 0.1) is 0 Å². The number of aliphatic hydroxyl groups is 1. The quantitative estimate of drug-likeness (QED) is 0.386.